The van der Waals surface area contributed by atoms with Gasteiger partial charge in [-0.1, -0.05) is 6.07 Å². The smallest absolute Gasteiger partial charge is 0.134 e. The van der Waals surface area contributed by atoms with Gasteiger partial charge < -0.3 is 4.98 Å². The number of rotatable bonds is 0. The van der Waals surface area contributed by atoms with Gasteiger partial charge in [0, 0.05) is 6.07 Å². The summed E-state index contributed by atoms with van der Waals surface area (Å²) in [6.07, 6.45) is 1.80. The highest BCUT2D eigenvalue weighted by molar-refractivity contribution is 5.80. The van der Waals surface area contributed by atoms with E-state index in [2.05, 4.69) is 35.2 Å². The minimum atomic E-state index is 1.04. The predicted molar refractivity (Wildman–Crippen MR) is 51.8 cm³/mol. The Bertz CT molecular complexity index is 574. The van der Waals surface area contributed by atoms with Gasteiger partial charge in [-0.2, -0.15) is 5.10 Å². The molecule has 3 nitrogen and oxygen atoms in total. The molecule has 0 aliphatic rings. The quantitative estimate of drug-likeness (QED) is 0.552. The van der Waals surface area contributed by atoms with E-state index in [0.29, 0.717) is 0 Å². The van der Waals surface area contributed by atoms with Gasteiger partial charge in [0.05, 0.1) is 17.2 Å². The molecule has 3 heteroatoms. The maximum atomic E-state index is 4.22. The van der Waals surface area contributed by atoms with Crippen LogP contribution in [0.1, 0.15) is 5.56 Å². The van der Waals surface area contributed by atoms with E-state index in [4.69, 9.17) is 0 Å². The first-order chi connectivity index (χ1) is 6.34. The Morgan fingerprint density at radius 3 is 3.15 bits per heavy atom. The molecule has 2 heterocycles. The predicted octanol–water partition coefficient (Wildman–Crippen LogP) is 2.12. The highest BCUT2D eigenvalue weighted by Crippen LogP contribution is 2.16. The van der Waals surface area contributed by atoms with E-state index in [9.17, 15) is 0 Å². The lowest BCUT2D eigenvalue weighted by Crippen LogP contribution is -1.81. The van der Waals surface area contributed by atoms with Gasteiger partial charge in [-0.05, 0) is 24.6 Å². The molecule has 13 heavy (non-hydrogen) atoms. The van der Waals surface area contributed by atoms with Crippen LogP contribution >= 0.6 is 0 Å². The normalized spacial score (nSPS) is 11.5. The number of imidazole rings is 1. The molecule has 0 aliphatic heterocycles. The van der Waals surface area contributed by atoms with Gasteiger partial charge in [0.2, 0.25) is 0 Å². The van der Waals surface area contributed by atoms with E-state index in [-0.39, 0.29) is 0 Å². The van der Waals surface area contributed by atoms with Crippen LogP contribution in [0.3, 0.4) is 0 Å². The summed E-state index contributed by atoms with van der Waals surface area (Å²) in [4.78, 5) is 3.30. The molecule has 0 atom stereocenters. The molecule has 0 saturated heterocycles. The van der Waals surface area contributed by atoms with Gasteiger partial charge in [0.15, 0.2) is 0 Å². The van der Waals surface area contributed by atoms with Crippen LogP contribution in [0.5, 0.6) is 0 Å². The molecule has 0 saturated carbocycles. The molecule has 0 unspecified atom stereocenters. The van der Waals surface area contributed by atoms with Gasteiger partial charge in [0.25, 0.3) is 0 Å². The first-order valence-corrected chi connectivity index (χ1v) is 4.27. The summed E-state index contributed by atoms with van der Waals surface area (Å²) in [6.45, 7) is 2.09. The van der Waals surface area contributed by atoms with E-state index < -0.39 is 0 Å². The zero-order chi connectivity index (χ0) is 8.84. The van der Waals surface area contributed by atoms with Gasteiger partial charge in [-0.3, -0.25) is 0 Å². The third-order valence-electron chi connectivity index (χ3n) is 2.29. The average Bonchev–Trinajstić information content (AvgIpc) is 2.62. The zero-order valence-corrected chi connectivity index (χ0v) is 7.28. The number of fused-ring (bicyclic) bond motifs is 3. The number of aromatic nitrogens is 3. The second kappa shape index (κ2) is 2.13. The molecule has 1 aromatic carbocycles. The lowest BCUT2D eigenvalue weighted by atomic mass is 10.2. The standard InChI is InChI=1S/C10H9N3/c1-7-2-3-9-8(6-7)12-10-4-5-11-13(9)10/h2-6,12H,1H3. The van der Waals surface area contributed by atoms with Crippen molar-refractivity contribution in [1.82, 2.24) is 14.6 Å². The molecule has 0 aliphatic carbocycles. The number of hydrogen-bond donors (Lipinski definition) is 1. The Kier molecular flexibility index (Phi) is 1.10. The number of aryl methyl sites for hydroxylation is 1. The summed E-state index contributed by atoms with van der Waals surface area (Å²) in [5.41, 5.74) is 4.58. The Morgan fingerprint density at radius 1 is 1.31 bits per heavy atom. The number of benzene rings is 1. The molecule has 3 aromatic rings. The topological polar surface area (TPSA) is 33.1 Å². The van der Waals surface area contributed by atoms with Crippen molar-refractivity contribution in [3.63, 3.8) is 0 Å². The number of hydrogen-bond acceptors (Lipinski definition) is 1. The first-order valence-electron chi connectivity index (χ1n) is 4.27. The second-order valence-electron chi connectivity index (χ2n) is 3.27. The van der Waals surface area contributed by atoms with E-state index in [0.717, 1.165) is 16.7 Å². The maximum Gasteiger partial charge on any atom is 0.134 e. The van der Waals surface area contributed by atoms with Crippen LogP contribution < -0.4 is 0 Å². The van der Waals surface area contributed by atoms with E-state index in [1.54, 1.807) is 6.20 Å². The molecular weight excluding hydrogens is 162 g/mol. The SMILES string of the molecule is Cc1ccc2c(c1)[nH]c1ccnn12. The summed E-state index contributed by atoms with van der Waals surface area (Å²) >= 11 is 0. The third kappa shape index (κ3) is 0.811. The lowest BCUT2D eigenvalue weighted by molar-refractivity contribution is 1.01. The fourth-order valence-electron chi connectivity index (χ4n) is 1.66. The van der Waals surface area contributed by atoms with Crippen LogP contribution in [0.2, 0.25) is 0 Å². The van der Waals surface area contributed by atoms with E-state index in [1.165, 1.54) is 5.56 Å². The number of nitrogens with zero attached hydrogens (tertiary/aromatic N) is 2. The fraction of sp³-hybridized carbons (Fsp3) is 0.100. The summed E-state index contributed by atoms with van der Waals surface area (Å²) in [7, 11) is 0. The Balaban J connectivity index is 2.59. The number of nitrogens with one attached hydrogen (secondary N) is 1. The van der Waals surface area contributed by atoms with Crippen molar-refractivity contribution in [3.8, 4) is 0 Å². The highest BCUT2D eigenvalue weighted by atomic mass is 15.3. The van der Waals surface area contributed by atoms with Crippen molar-refractivity contribution < 1.29 is 0 Å². The van der Waals surface area contributed by atoms with Crippen LogP contribution in [-0.2, 0) is 0 Å². The van der Waals surface area contributed by atoms with Gasteiger partial charge >= 0.3 is 0 Å². The van der Waals surface area contributed by atoms with Crippen LogP contribution in [0.15, 0.2) is 30.5 Å². The molecular formula is C10H9N3. The van der Waals surface area contributed by atoms with Gasteiger partial charge in [-0.25, -0.2) is 4.52 Å². The Hall–Kier alpha value is -1.77. The van der Waals surface area contributed by atoms with Crippen molar-refractivity contribution in [3.05, 3.63) is 36.0 Å². The molecule has 64 valence electrons. The molecule has 0 fully saturated rings. The molecule has 0 amide bonds. The minimum absolute atomic E-state index is 1.04. The van der Waals surface area contributed by atoms with Gasteiger partial charge in [-0.15, -0.1) is 0 Å². The van der Waals surface area contributed by atoms with Crippen molar-refractivity contribution in [2.24, 2.45) is 0 Å². The van der Waals surface area contributed by atoms with Crippen LogP contribution in [0, 0.1) is 6.92 Å². The monoisotopic (exact) mass is 171 g/mol. The van der Waals surface area contributed by atoms with Gasteiger partial charge in [0.1, 0.15) is 5.65 Å². The second-order valence-corrected chi connectivity index (χ2v) is 3.27. The largest absolute Gasteiger partial charge is 0.338 e. The summed E-state index contributed by atoms with van der Waals surface area (Å²) in [6, 6.07) is 8.28. The van der Waals surface area contributed by atoms with E-state index >= 15 is 0 Å². The highest BCUT2D eigenvalue weighted by Gasteiger charge is 2.02. The average molecular weight is 171 g/mol. The van der Waals surface area contributed by atoms with Crippen LogP contribution in [0.4, 0.5) is 0 Å². The van der Waals surface area contributed by atoms with Crippen LogP contribution in [-0.4, -0.2) is 14.6 Å². The van der Waals surface area contributed by atoms with Crippen molar-refractivity contribution in [2.45, 2.75) is 6.92 Å². The Labute approximate surface area is 75.0 Å². The fourth-order valence-corrected chi connectivity index (χ4v) is 1.66. The summed E-state index contributed by atoms with van der Waals surface area (Å²) < 4.78 is 1.91. The molecule has 1 N–H and O–H groups in total. The summed E-state index contributed by atoms with van der Waals surface area (Å²) in [5, 5.41) is 4.22. The third-order valence-corrected chi connectivity index (χ3v) is 2.29. The molecule has 2 aromatic heterocycles. The van der Waals surface area contributed by atoms with Crippen molar-refractivity contribution in [2.75, 3.05) is 0 Å². The summed E-state index contributed by atoms with van der Waals surface area (Å²) in [5.74, 6) is 0. The molecule has 3 rings (SSSR count). The zero-order valence-electron chi connectivity index (χ0n) is 7.28. The number of aromatic amines is 1. The molecule has 0 spiro atoms. The molecule has 0 bridgehead atoms. The maximum absolute atomic E-state index is 4.22. The molecule has 0 radical (unpaired) electrons. The lowest BCUT2D eigenvalue weighted by Gasteiger charge is -1.91. The van der Waals surface area contributed by atoms with Crippen LogP contribution in [0.25, 0.3) is 16.7 Å². The van der Waals surface area contributed by atoms with E-state index in [1.807, 2.05) is 10.6 Å². The number of H-pyrrole nitrogens is 1. The van der Waals surface area contributed by atoms with Crippen molar-refractivity contribution >= 4 is 16.7 Å². The minimum Gasteiger partial charge on any atom is -0.338 e. The first kappa shape index (κ1) is 6.71. The Morgan fingerprint density at radius 2 is 2.23 bits per heavy atom. The van der Waals surface area contributed by atoms with Crippen molar-refractivity contribution in [1.29, 1.82) is 0 Å².